The maximum absolute atomic E-state index is 12.0. The van der Waals surface area contributed by atoms with Crippen molar-refractivity contribution in [2.45, 2.75) is 32.2 Å². The number of fused-ring (bicyclic) bond motifs is 1. The molecule has 7 heteroatoms. The van der Waals surface area contributed by atoms with Crippen molar-refractivity contribution in [1.82, 2.24) is 15.1 Å². The fraction of sp³-hybridized carbons (Fsp3) is 0.438. The Balaban J connectivity index is 1.62. The van der Waals surface area contributed by atoms with E-state index in [0.29, 0.717) is 29.7 Å². The third-order valence-corrected chi connectivity index (χ3v) is 4.22. The molecule has 3 heterocycles. The molecule has 1 aromatic carbocycles. The fourth-order valence-corrected chi connectivity index (χ4v) is 3.04. The summed E-state index contributed by atoms with van der Waals surface area (Å²) in [6.07, 6.45) is 2.23. The van der Waals surface area contributed by atoms with Crippen LogP contribution < -0.4 is 9.47 Å². The van der Waals surface area contributed by atoms with Gasteiger partial charge >= 0.3 is 0 Å². The van der Waals surface area contributed by atoms with E-state index in [1.54, 1.807) is 0 Å². The van der Waals surface area contributed by atoms with Gasteiger partial charge in [-0.05, 0) is 31.0 Å². The molecule has 1 fully saturated rings. The summed E-state index contributed by atoms with van der Waals surface area (Å²) < 4.78 is 16.5. The smallest absolute Gasteiger partial charge is 0.247 e. The van der Waals surface area contributed by atoms with Crippen LogP contribution >= 0.6 is 0 Å². The van der Waals surface area contributed by atoms with Crippen LogP contribution in [-0.2, 0) is 4.79 Å². The molecule has 0 radical (unpaired) electrons. The highest BCUT2D eigenvalue weighted by atomic mass is 16.7. The Morgan fingerprint density at radius 3 is 2.91 bits per heavy atom. The molecule has 1 atom stereocenters. The van der Waals surface area contributed by atoms with Crippen LogP contribution in [0.4, 0.5) is 0 Å². The Labute approximate surface area is 133 Å². The zero-order valence-electron chi connectivity index (χ0n) is 12.8. The predicted octanol–water partition coefficient (Wildman–Crippen LogP) is 2.54. The molecule has 1 aromatic heterocycles. The molecule has 4 rings (SSSR count). The van der Waals surface area contributed by atoms with Crippen molar-refractivity contribution in [2.75, 3.05) is 13.3 Å². The maximum atomic E-state index is 12.0. The van der Waals surface area contributed by atoms with Crippen molar-refractivity contribution in [3.8, 4) is 23.0 Å². The zero-order chi connectivity index (χ0) is 15.8. The number of hydrogen-bond acceptors (Lipinski definition) is 6. The summed E-state index contributed by atoms with van der Waals surface area (Å²) in [5.41, 5.74) is 0.774. The van der Waals surface area contributed by atoms with Crippen LogP contribution in [0.2, 0.25) is 0 Å². The van der Waals surface area contributed by atoms with Gasteiger partial charge in [0.15, 0.2) is 11.5 Å². The van der Waals surface area contributed by atoms with Crippen LogP contribution in [0.1, 0.15) is 38.1 Å². The van der Waals surface area contributed by atoms with Gasteiger partial charge < -0.3 is 18.8 Å². The van der Waals surface area contributed by atoms with Gasteiger partial charge in [0.2, 0.25) is 24.5 Å². The Morgan fingerprint density at radius 2 is 2.13 bits per heavy atom. The van der Waals surface area contributed by atoms with Crippen molar-refractivity contribution in [3.05, 3.63) is 24.1 Å². The predicted molar refractivity (Wildman–Crippen MR) is 79.8 cm³/mol. The van der Waals surface area contributed by atoms with E-state index in [-0.39, 0.29) is 18.7 Å². The minimum atomic E-state index is -0.153. The van der Waals surface area contributed by atoms with Gasteiger partial charge in [-0.3, -0.25) is 4.79 Å². The van der Waals surface area contributed by atoms with Crippen molar-refractivity contribution in [3.63, 3.8) is 0 Å². The van der Waals surface area contributed by atoms with Gasteiger partial charge in [-0.2, -0.15) is 0 Å². The van der Waals surface area contributed by atoms with Gasteiger partial charge in [-0.15, -0.1) is 10.2 Å². The second-order valence-corrected chi connectivity index (χ2v) is 5.63. The van der Waals surface area contributed by atoms with E-state index >= 15 is 0 Å². The number of amides is 1. The monoisotopic (exact) mass is 315 g/mol. The molecule has 0 aliphatic carbocycles. The topological polar surface area (TPSA) is 77.7 Å². The van der Waals surface area contributed by atoms with Gasteiger partial charge in [0.25, 0.3) is 0 Å². The summed E-state index contributed by atoms with van der Waals surface area (Å²) in [6, 6.07) is 5.34. The molecule has 1 amide bonds. The lowest BCUT2D eigenvalue weighted by atomic mass is 10.2. The van der Waals surface area contributed by atoms with E-state index in [0.717, 1.165) is 24.9 Å². The lowest BCUT2D eigenvalue weighted by molar-refractivity contribution is -0.130. The normalized spacial score (nSPS) is 17.8. The standard InChI is InChI=1S/C16H17N3O4/c1-2-11(19-7-3-4-14(19)20)16-18-17-15(23-16)10-5-6-12-13(8-10)22-9-21-12/h5-6,8,11H,2-4,7,9H2,1H3/t11-/m1/s1. The number of nitrogens with zero attached hydrogens (tertiary/aromatic N) is 3. The highest BCUT2D eigenvalue weighted by Crippen LogP contribution is 2.36. The highest BCUT2D eigenvalue weighted by Gasteiger charge is 2.31. The highest BCUT2D eigenvalue weighted by molar-refractivity contribution is 5.78. The van der Waals surface area contributed by atoms with Crippen LogP contribution in [0, 0.1) is 0 Å². The summed E-state index contributed by atoms with van der Waals surface area (Å²) in [4.78, 5) is 13.8. The van der Waals surface area contributed by atoms with Gasteiger partial charge in [0.1, 0.15) is 6.04 Å². The van der Waals surface area contributed by atoms with Crippen molar-refractivity contribution >= 4 is 5.91 Å². The van der Waals surface area contributed by atoms with E-state index in [2.05, 4.69) is 10.2 Å². The first-order valence-corrected chi connectivity index (χ1v) is 7.79. The first-order chi connectivity index (χ1) is 11.3. The molecule has 7 nitrogen and oxygen atoms in total. The molecule has 23 heavy (non-hydrogen) atoms. The number of likely N-dealkylation sites (tertiary alicyclic amines) is 1. The Morgan fingerprint density at radius 1 is 1.26 bits per heavy atom. The number of ether oxygens (including phenoxy) is 2. The second-order valence-electron chi connectivity index (χ2n) is 5.63. The van der Waals surface area contributed by atoms with Gasteiger partial charge in [-0.1, -0.05) is 6.92 Å². The minimum Gasteiger partial charge on any atom is -0.454 e. The number of carbonyl (C=O) groups is 1. The largest absolute Gasteiger partial charge is 0.454 e. The summed E-state index contributed by atoms with van der Waals surface area (Å²) in [6.45, 7) is 2.99. The molecule has 1 saturated heterocycles. The van der Waals surface area contributed by atoms with Crippen molar-refractivity contribution < 1.29 is 18.7 Å². The molecule has 2 aliphatic rings. The zero-order valence-corrected chi connectivity index (χ0v) is 12.8. The van der Waals surface area contributed by atoms with E-state index in [1.807, 2.05) is 30.0 Å². The Bertz CT molecular complexity index is 743. The third kappa shape index (κ3) is 2.42. The summed E-state index contributed by atoms with van der Waals surface area (Å²) in [7, 11) is 0. The fourth-order valence-electron chi connectivity index (χ4n) is 3.04. The number of benzene rings is 1. The van der Waals surface area contributed by atoms with E-state index in [4.69, 9.17) is 13.9 Å². The quantitative estimate of drug-likeness (QED) is 0.863. The van der Waals surface area contributed by atoms with Crippen molar-refractivity contribution in [1.29, 1.82) is 0 Å². The number of carbonyl (C=O) groups excluding carboxylic acids is 1. The van der Waals surface area contributed by atoms with Gasteiger partial charge in [-0.25, -0.2) is 0 Å². The van der Waals surface area contributed by atoms with Crippen LogP contribution in [0.3, 0.4) is 0 Å². The molecule has 0 unspecified atom stereocenters. The second kappa shape index (κ2) is 5.57. The summed E-state index contributed by atoms with van der Waals surface area (Å²) >= 11 is 0. The van der Waals surface area contributed by atoms with Gasteiger partial charge in [0.05, 0.1) is 0 Å². The molecule has 0 saturated carbocycles. The van der Waals surface area contributed by atoms with E-state index < -0.39 is 0 Å². The molecule has 0 N–H and O–H groups in total. The lowest BCUT2D eigenvalue weighted by Crippen LogP contribution is -2.29. The van der Waals surface area contributed by atoms with Crippen LogP contribution in [0.15, 0.2) is 22.6 Å². The van der Waals surface area contributed by atoms with Crippen molar-refractivity contribution in [2.24, 2.45) is 0 Å². The maximum Gasteiger partial charge on any atom is 0.247 e. The molecular formula is C16H17N3O4. The number of aromatic nitrogens is 2. The molecule has 120 valence electrons. The average molecular weight is 315 g/mol. The SMILES string of the molecule is CC[C@H](c1nnc(-c2ccc3c(c2)OCO3)o1)N1CCCC1=O. The van der Waals surface area contributed by atoms with Crippen LogP contribution in [-0.4, -0.2) is 34.3 Å². The first kappa shape index (κ1) is 14.0. The first-order valence-electron chi connectivity index (χ1n) is 7.79. The molecule has 2 aliphatic heterocycles. The van der Waals surface area contributed by atoms with Crippen LogP contribution in [0.5, 0.6) is 11.5 Å². The average Bonchev–Trinajstić information content (AvgIpc) is 3.29. The number of hydrogen-bond donors (Lipinski definition) is 0. The van der Waals surface area contributed by atoms with E-state index in [1.165, 1.54) is 0 Å². The lowest BCUT2D eigenvalue weighted by Gasteiger charge is -2.23. The molecule has 0 spiro atoms. The van der Waals surface area contributed by atoms with E-state index in [9.17, 15) is 4.79 Å². The Kier molecular flexibility index (Phi) is 3.40. The number of rotatable bonds is 4. The molecule has 2 aromatic rings. The minimum absolute atomic E-state index is 0.152. The third-order valence-electron chi connectivity index (χ3n) is 4.22. The molecule has 0 bridgehead atoms. The Hall–Kier alpha value is -2.57. The summed E-state index contributed by atoms with van der Waals surface area (Å²) in [5, 5.41) is 8.28. The summed E-state index contributed by atoms with van der Waals surface area (Å²) in [5.74, 6) is 2.44. The molecular weight excluding hydrogens is 298 g/mol. The van der Waals surface area contributed by atoms with Crippen LogP contribution in [0.25, 0.3) is 11.5 Å². The van der Waals surface area contributed by atoms with Gasteiger partial charge in [0, 0.05) is 18.5 Å².